The average Bonchev–Trinajstić information content (AvgIpc) is 0.943. The number of rotatable bonds is 89. The second kappa shape index (κ2) is 93.5. The van der Waals surface area contributed by atoms with E-state index in [0.29, 0.717) is 19.3 Å². The molecule has 4 N–H and O–H groups in total. The maximum atomic E-state index is 13.1. The lowest BCUT2D eigenvalue weighted by molar-refractivity contribution is -0.161. The summed E-state index contributed by atoms with van der Waals surface area (Å²) in [6.45, 7) is 2.36. The van der Waals surface area contributed by atoms with E-state index in [0.717, 1.165) is 193 Å². The quantitative estimate of drug-likeness (QED) is 0.0146. The molecule has 0 rings (SSSR count). The molecule has 0 bridgehead atoms. The van der Waals surface area contributed by atoms with Gasteiger partial charge in [-0.3, -0.25) is 32.5 Å². The third kappa shape index (κ3) is 94.9. The van der Waals surface area contributed by atoms with Crippen molar-refractivity contribution >= 4 is 33.6 Å². The van der Waals surface area contributed by atoms with Gasteiger partial charge >= 0.3 is 33.6 Å². The first kappa shape index (κ1) is 115. The molecule has 0 saturated carbocycles. The Morgan fingerprint density at radius 3 is 0.653 bits per heavy atom. The lowest BCUT2D eigenvalue weighted by Crippen LogP contribution is -2.30. The van der Waals surface area contributed by atoms with E-state index in [1.54, 1.807) is 0 Å². The van der Waals surface area contributed by atoms with Gasteiger partial charge in [0.15, 0.2) is 6.10 Å². The molecule has 690 valence electrons. The number of aliphatic hydroxyl groups is 2. The van der Waals surface area contributed by atoms with E-state index in [9.17, 15) is 43.5 Å². The molecule has 121 heavy (non-hydrogen) atoms. The Bertz CT molecular complexity index is 2980. The van der Waals surface area contributed by atoms with Crippen LogP contribution in [0.4, 0.5) is 0 Å². The van der Waals surface area contributed by atoms with Crippen molar-refractivity contribution in [2.75, 3.05) is 39.6 Å². The third-order valence-corrected chi connectivity index (χ3v) is 21.7. The first-order valence-electron chi connectivity index (χ1n) is 47.7. The highest BCUT2D eigenvalue weighted by Crippen LogP contribution is 2.45. The van der Waals surface area contributed by atoms with Crippen molar-refractivity contribution in [3.8, 4) is 0 Å². The normalized spacial score (nSPS) is 14.6. The van der Waals surface area contributed by atoms with Crippen LogP contribution >= 0.6 is 15.6 Å². The molecule has 0 saturated heterocycles. The molecule has 18 heteroatoms. The predicted octanol–water partition coefficient (Wildman–Crippen LogP) is 29.8. The van der Waals surface area contributed by atoms with E-state index in [1.165, 1.54) is 128 Å². The van der Waals surface area contributed by atoms with Crippen molar-refractivity contribution in [1.82, 2.24) is 0 Å². The van der Waals surface area contributed by atoms with E-state index in [2.05, 4.69) is 215 Å². The van der Waals surface area contributed by atoms with Gasteiger partial charge < -0.3 is 34.2 Å². The molecule has 0 aliphatic rings. The minimum atomic E-state index is -4.95. The number of allylic oxidation sites excluding steroid dienone is 32. The lowest BCUT2D eigenvalue weighted by Gasteiger charge is -2.21. The standard InChI is InChI=1S/C103H172O16P2/c1-4-7-10-13-16-19-22-25-28-31-34-37-40-43-45-47-48-50-52-54-56-59-62-65-68-71-74-77-80-83-86-89-101(106)113-92-98(104)93-115-120(109,110)116-94-99(105)95-117-121(111,112)118-97-100(119-103(108)91-88-85-82-79-76-73-70-67-64-61-58-53-42-39-36-33-30-27-24-21-18-15-12-9-6-3)96-114-102(107)90-87-84-81-78-75-72-69-66-63-60-57-55-51-49-46-44-41-38-35-32-29-26-23-20-17-14-11-8-5-2/h7-12,16-21,25-30,34-39,43-46,53,58,64,67,98-100,104-105H,4-6,13-15,22-24,31-33,40-42,47-52,54-57,59-63,65-66,68-97H2,1-3H3,(H,109,110)(H,111,112)/b10-7-,11-8-,12-9-,19-16-,20-17-,21-18-,28-25-,29-26-,30-27-,37-34-,38-35-,39-36-,45-43-,46-44-,58-53-,67-64-. The molecule has 0 aromatic rings. The number of carbonyl (C=O) groups excluding carboxylic acids is 3. The SMILES string of the molecule is CC/C=C\C/C=C\C/C=C\C/C=C\C/C=C\C/C=C\CCCCCCCCC(=O)OC(COC(=O)CCCCCCCCCCCCCCC/C=C\C/C=C\C/C=C\C/C=C\C/C=C\CC)COP(=O)(O)OCC(O)COP(=O)(O)OCC(O)COC(=O)CCCCCCCCCCCCCCCCC/C=C\C/C=C\C/C=C\C/C=C\C/C=C\CC. The lowest BCUT2D eigenvalue weighted by atomic mass is 10.0. The summed E-state index contributed by atoms with van der Waals surface area (Å²) >= 11 is 0. The summed E-state index contributed by atoms with van der Waals surface area (Å²) in [7, 11) is -9.83. The van der Waals surface area contributed by atoms with Crippen LogP contribution in [0, 0.1) is 0 Å². The highest BCUT2D eigenvalue weighted by molar-refractivity contribution is 7.47. The maximum Gasteiger partial charge on any atom is 0.472 e. The minimum absolute atomic E-state index is 0.0812. The van der Waals surface area contributed by atoms with Gasteiger partial charge in [-0.25, -0.2) is 9.13 Å². The van der Waals surface area contributed by atoms with Crippen LogP contribution < -0.4 is 0 Å². The molecule has 0 fully saturated rings. The Morgan fingerprint density at radius 2 is 0.413 bits per heavy atom. The number of carbonyl (C=O) groups is 3. The number of phosphoric ester groups is 2. The largest absolute Gasteiger partial charge is 0.472 e. The van der Waals surface area contributed by atoms with Gasteiger partial charge in [0.25, 0.3) is 0 Å². The highest BCUT2D eigenvalue weighted by atomic mass is 31.2. The topological polar surface area (TPSA) is 231 Å². The van der Waals surface area contributed by atoms with E-state index < -0.39 is 91.5 Å². The Balaban J connectivity index is 4.65. The molecule has 0 spiro atoms. The van der Waals surface area contributed by atoms with Crippen molar-refractivity contribution in [3.05, 3.63) is 194 Å². The fraction of sp³-hybridized carbons (Fsp3) is 0.660. The smallest absolute Gasteiger partial charge is 0.463 e. The van der Waals surface area contributed by atoms with Crippen molar-refractivity contribution in [1.29, 1.82) is 0 Å². The van der Waals surface area contributed by atoms with Crippen molar-refractivity contribution in [3.63, 3.8) is 0 Å². The van der Waals surface area contributed by atoms with E-state index >= 15 is 0 Å². The molecule has 5 atom stereocenters. The number of aliphatic hydroxyl groups excluding tert-OH is 2. The summed E-state index contributed by atoms with van der Waals surface area (Å²) in [5.74, 6) is -1.59. The van der Waals surface area contributed by atoms with Crippen molar-refractivity contribution in [2.24, 2.45) is 0 Å². The highest BCUT2D eigenvalue weighted by Gasteiger charge is 2.30. The summed E-state index contributed by atoms with van der Waals surface area (Å²) in [5.41, 5.74) is 0. The molecular formula is C103H172O16P2. The molecule has 0 aliphatic heterocycles. The van der Waals surface area contributed by atoms with Gasteiger partial charge in [-0.1, -0.05) is 395 Å². The van der Waals surface area contributed by atoms with Gasteiger partial charge in [0.05, 0.1) is 26.4 Å². The number of esters is 3. The molecule has 5 unspecified atom stereocenters. The van der Waals surface area contributed by atoms with E-state index in [1.807, 2.05) is 0 Å². The maximum absolute atomic E-state index is 13.1. The average molecular weight is 1730 g/mol. The molecule has 0 heterocycles. The molecule has 0 aromatic heterocycles. The summed E-state index contributed by atoms with van der Waals surface area (Å²) in [4.78, 5) is 59.1. The first-order chi connectivity index (χ1) is 59.2. The van der Waals surface area contributed by atoms with Crippen LogP contribution in [0.25, 0.3) is 0 Å². The molecule has 0 radical (unpaired) electrons. The number of hydrogen-bond donors (Lipinski definition) is 4. The fourth-order valence-corrected chi connectivity index (χ4v) is 14.3. The monoisotopic (exact) mass is 1730 g/mol. The number of phosphoric acid groups is 2. The van der Waals surface area contributed by atoms with Gasteiger partial charge in [0.2, 0.25) is 0 Å². The van der Waals surface area contributed by atoms with E-state index in [4.69, 9.17) is 32.3 Å². The van der Waals surface area contributed by atoms with Crippen LogP contribution in [-0.4, -0.2) is 95.9 Å². The van der Waals surface area contributed by atoms with Gasteiger partial charge in [0.1, 0.15) is 25.4 Å². The summed E-state index contributed by atoms with van der Waals surface area (Å²) in [6, 6.07) is 0. The van der Waals surface area contributed by atoms with Crippen LogP contribution in [0.3, 0.4) is 0 Å². The number of unbranched alkanes of at least 4 members (excludes halogenated alkanes) is 34. The van der Waals surface area contributed by atoms with Gasteiger partial charge in [0, 0.05) is 19.3 Å². The zero-order valence-electron chi connectivity index (χ0n) is 76.1. The predicted molar refractivity (Wildman–Crippen MR) is 509 cm³/mol. The van der Waals surface area contributed by atoms with Crippen molar-refractivity contribution < 1.29 is 75.8 Å². The summed E-state index contributed by atoms with van der Waals surface area (Å²) in [6.07, 6.45) is 125. The minimum Gasteiger partial charge on any atom is -0.463 e. The molecule has 16 nitrogen and oxygen atoms in total. The summed E-state index contributed by atoms with van der Waals surface area (Å²) in [5, 5.41) is 20.8. The third-order valence-electron chi connectivity index (χ3n) is 19.8. The molecule has 0 amide bonds. The zero-order chi connectivity index (χ0) is 87.9. The molecule has 0 aromatic carbocycles. The van der Waals surface area contributed by atoms with Gasteiger partial charge in [-0.05, 0) is 161 Å². The molecular weight excluding hydrogens is 1560 g/mol. The van der Waals surface area contributed by atoms with Crippen LogP contribution in [0.1, 0.15) is 380 Å². The van der Waals surface area contributed by atoms with Gasteiger partial charge in [-0.2, -0.15) is 0 Å². The van der Waals surface area contributed by atoms with Crippen LogP contribution in [0.2, 0.25) is 0 Å². The Kier molecular flexibility index (Phi) is 89.2. The van der Waals surface area contributed by atoms with Crippen LogP contribution in [0.5, 0.6) is 0 Å². The summed E-state index contributed by atoms with van der Waals surface area (Å²) < 4.78 is 61.6. The number of ether oxygens (including phenoxy) is 3. The first-order valence-corrected chi connectivity index (χ1v) is 50.7. The van der Waals surface area contributed by atoms with E-state index in [-0.39, 0.29) is 19.3 Å². The Labute approximate surface area is 737 Å². The zero-order valence-corrected chi connectivity index (χ0v) is 77.9. The second-order valence-electron chi connectivity index (χ2n) is 31.4. The Hall–Kier alpha value is -5.61. The van der Waals surface area contributed by atoms with Gasteiger partial charge in [-0.15, -0.1) is 0 Å². The fourth-order valence-electron chi connectivity index (χ4n) is 12.7. The van der Waals surface area contributed by atoms with Crippen LogP contribution in [-0.2, 0) is 55.8 Å². The Morgan fingerprint density at radius 1 is 0.231 bits per heavy atom. The number of hydrogen-bond acceptors (Lipinski definition) is 14. The molecule has 0 aliphatic carbocycles. The van der Waals surface area contributed by atoms with Crippen LogP contribution in [0.15, 0.2) is 194 Å². The second-order valence-corrected chi connectivity index (χ2v) is 34.3. The van der Waals surface area contributed by atoms with Crippen molar-refractivity contribution in [2.45, 2.75) is 399 Å².